The van der Waals surface area contributed by atoms with Crippen molar-refractivity contribution >= 4 is 34.6 Å². The van der Waals surface area contributed by atoms with Crippen molar-refractivity contribution in [2.75, 3.05) is 6.54 Å². The number of carbonyl (C=O) groups excluding carboxylic acids is 1. The monoisotopic (exact) mass is 326 g/mol. The lowest BCUT2D eigenvalue weighted by atomic mass is 10.2. The average molecular weight is 326 g/mol. The molecule has 0 aliphatic carbocycles. The van der Waals surface area contributed by atoms with Crippen LogP contribution in [0.4, 0.5) is 10.1 Å². The minimum absolute atomic E-state index is 0.101. The van der Waals surface area contributed by atoms with Gasteiger partial charge in [-0.3, -0.25) is 9.69 Å². The first-order valence-electron chi connectivity index (χ1n) is 7.28. The van der Waals surface area contributed by atoms with Crippen molar-refractivity contribution in [2.45, 2.75) is 6.92 Å². The van der Waals surface area contributed by atoms with Gasteiger partial charge in [0, 0.05) is 6.54 Å². The number of nitrogens with zero attached hydrogens (tertiary/aromatic N) is 2. The van der Waals surface area contributed by atoms with E-state index in [9.17, 15) is 9.18 Å². The van der Waals surface area contributed by atoms with Gasteiger partial charge in [-0.05, 0) is 42.5 Å². The highest BCUT2D eigenvalue weighted by Crippen LogP contribution is 2.34. The molecule has 1 heterocycles. The van der Waals surface area contributed by atoms with E-state index in [1.54, 1.807) is 23.1 Å². The van der Waals surface area contributed by atoms with Crippen LogP contribution in [0, 0.1) is 5.82 Å². The van der Waals surface area contributed by atoms with Gasteiger partial charge in [-0.15, -0.1) is 0 Å². The van der Waals surface area contributed by atoms with Gasteiger partial charge in [0.15, 0.2) is 5.17 Å². The zero-order valence-corrected chi connectivity index (χ0v) is 13.4. The van der Waals surface area contributed by atoms with E-state index in [4.69, 9.17) is 0 Å². The number of hydrogen-bond donors (Lipinski definition) is 0. The summed E-state index contributed by atoms with van der Waals surface area (Å²) in [5.74, 6) is -0.499. The maximum Gasteiger partial charge on any atom is 0.266 e. The molecule has 0 saturated carbocycles. The first-order chi connectivity index (χ1) is 11.2. The van der Waals surface area contributed by atoms with Gasteiger partial charge in [0.2, 0.25) is 0 Å². The van der Waals surface area contributed by atoms with Crippen LogP contribution in [0.2, 0.25) is 0 Å². The van der Waals surface area contributed by atoms with Gasteiger partial charge in [-0.1, -0.05) is 42.5 Å². The predicted octanol–water partition coefficient (Wildman–Crippen LogP) is 4.45. The lowest BCUT2D eigenvalue weighted by Gasteiger charge is -2.12. The molecule has 0 atom stereocenters. The molecular weight excluding hydrogens is 311 g/mol. The van der Waals surface area contributed by atoms with Crippen LogP contribution in [0.15, 0.2) is 64.5 Å². The second kappa shape index (κ2) is 6.79. The third kappa shape index (κ3) is 3.35. The van der Waals surface area contributed by atoms with E-state index < -0.39 is 5.82 Å². The summed E-state index contributed by atoms with van der Waals surface area (Å²) in [4.78, 5) is 19.0. The predicted molar refractivity (Wildman–Crippen MR) is 92.9 cm³/mol. The van der Waals surface area contributed by atoms with Crippen molar-refractivity contribution in [3.63, 3.8) is 0 Å². The summed E-state index contributed by atoms with van der Waals surface area (Å²) in [6, 6.07) is 15.9. The van der Waals surface area contributed by atoms with E-state index in [1.165, 1.54) is 17.8 Å². The largest absolute Gasteiger partial charge is 0.287 e. The van der Waals surface area contributed by atoms with Gasteiger partial charge < -0.3 is 0 Å². The van der Waals surface area contributed by atoms with Crippen LogP contribution in [-0.4, -0.2) is 22.5 Å². The lowest BCUT2D eigenvalue weighted by molar-refractivity contribution is -0.122. The molecule has 0 unspecified atom stereocenters. The minimum Gasteiger partial charge on any atom is -0.287 e. The molecule has 2 aromatic carbocycles. The van der Waals surface area contributed by atoms with Crippen LogP contribution in [0.25, 0.3) is 6.08 Å². The molecule has 0 N–H and O–H groups in total. The summed E-state index contributed by atoms with van der Waals surface area (Å²) in [5.41, 5.74) is 1.19. The van der Waals surface area contributed by atoms with Gasteiger partial charge >= 0.3 is 0 Å². The van der Waals surface area contributed by atoms with Gasteiger partial charge in [0.05, 0.1) is 4.91 Å². The highest BCUT2D eigenvalue weighted by atomic mass is 32.2. The second-order valence-electron chi connectivity index (χ2n) is 4.92. The fourth-order valence-electron chi connectivity index (χ4n) is 2.22. The van der Waals surface area contributed by atoms with E-state index in [0.717, 1.165) is 5.56 Å². The standard InChI is InChI=1S/C18H15FN2OS/c1-2-21-17(22)16(12-13-8-4-3-5-9-13)23-18(21)20-15-11-7-6-10-14(15)19/h3-12H,2H2,1H3/b16-12+,20-18?. The molecule has 3 nitrogen and oxygen atoms in total. The van der Waals surface area contributed by atoms with Gasteiger partial charge in [0.25, 0.3) is 5.91 Å². The van der Waals surface area contributed by atoms with E-state index in [0.29, 0.717) is 16.6 Å². The molecular formula is C18H15FN2OS. The molecule has 1 aliphatic heterocycles. The Balaban J connectivity index is 1.95. The Morgan fingerprint density at radius 1 is 1.13 bits per heavy atom. The molecule has 1 saturated heterocycles. The molecule has 23 heavy (non-hydrogen) atoms. The Morgan fingerprint density at radius 2 is 1.83 bits per heavy atom. The third-order valence-corrected chi connectivity index (χ3v) is 4.38. The zero-order valence-electron chi connectivity index (χ0n) is 12.6. The topological polar surface area (TPSA) is 32.7 Å². The summed E-state index contributed by atoms with van der Waals surface area (Å²) in [6.07, 6.45) is 1.83. The number of halogens is 1. The maximum atomic E-state index is 13.8. The summed E-state index contributed by atoms with van der Waals surface area (Å²) in [7, 11) is 0. The van der Waals surface area contributed by atoms with Gasteiger partial charge in [0.1, 0.15) is 11.5 Å². The molecule has 1 amide bonds. The fourth-order valence-corrected chi connectivity index (χ4v) is 3.27. The number of thioether (sulfide) groups is 1. The summed E-state index contributed by atoms with van der Waals surface area (Å²) >= 11 is 1.27. The molecule has 0 spiro atoms. The van der Waals surface area contributed by atoms with Crippen molar-refractivity contribution in [2.24, 2.45) is 4.99 Å². The summed E-state index contributed by atoms with van der Waals surface area (Å²) < 4.78 is 13.8. The van der Waals surface area contributed by atoms with Crippen LogP contribution >= 0.6 is 11.8 Å². The van der Waals surface area contributed by atoms with Crippen LogP contribution in [-0.2, 0) is 4.79 Å². The van der Waals surface area contributed by atoms with Crippen LogP contribution in [0.5, 0.6) is 0 Å². The van der Waals surface area contributed by atoms with E-state index in [-0.39, 0.29) is 11.6 Å². The number of benzene rings is 2. The van der Waals surface area contributed by atoms with Gasteiger partial charge in [-0.25, -0.2) is 9.38 Å². The SMILES string of the molecule is CCN1C(=O)/C(=C\c2ccccc2)SC1=Nc1ccccc1F. The van der Waals surface area contributed by atoms with E-state index in [2.05, 4.69) is 4.99 Å². The number of amidine groups is 1. The average Bonchev–Trinajstić information content (AvgIpc) is 2.85. The van der Waals surface area contributed by atoms with E-state index in [1.807, 2.05) is 43.3 Å². The number of aliphatic imine (C=N–C) groups is 1. The molecule has 2 aromatic rings. The Kier molecular flexibility index (Phi) is 4.57. The highest BCUT2D eigenvalue weighted by molar-refractivity contribution is 8.18. The normalized spacial score (nSPS) is 18.2. The Bertz CT molecular complexity index is 787. The van der Waals surface area contributed by atoms with Crippen LogP contribution in [0.1, 0.15) is 12.5 Å². The Hall–Kier alpha value is -2.40. The molecule has 1 aliphatic rings. The number of likely N-dealkylation sites (N-methyl/N-ethyl adjacent to an activating group) is 1. The number of hydrogen-bond acceptors (Lipinski definition) is 3. The molecule has 0 bridgehead atoms. The summed E-state index contributed by atoms with van der Waals surface area (Å²) in [6.45, 7) is 2.37. The first-order valence-corrected chi connectivity index (χ1v) is 8.10. The number of rotatable bonds is 3. The van der Waals surface area contributed by atoms with Crippen molar-refractivity contribution in [1.29, 1.82) is 0 Å². The second-order valence-corrected chi connectivity index (χ2v) is 5.93. The molecule has 0 aromatic heterocycles. The smallest absolute Gasteiger partial charge is 0.266 e. The van der Waals surface area contributed by atoms with Gasteiger partial charge in [-0.2, -0.15) is 0 Å². The molecule has 116 valence electrons. The first kappa shape index (κ1) is 15.5. The van der Waals surface area contributed by atoms with Crippen molar-refractivity contribution in [1.82, 2.24) is 4.90 Å². The van der Waals surface area contributed by atoms with Crippen molar-refractivity contribution in [3.05, 3.63) is 70.9 Å². The quantitative estimate of drug-likeness (QED) is 0.781. The summed E-state index contributed by atoms with van der Waals surface area (Å²) in [5, 5.41) is 0.504. The van der Waals surface area contributed by atoms with Crippen molar-refractivity contribution in [3.8, 4) is 0 Å². The Morgan fingerprint density at radius 3 is 2.52 bits per heavy atom. The number of carbonyl (C=O) groups is 1. The van der Waals surface area contributed by atoms with E-state index >= 15 is 0 Å². The maximum absolute atomic E-state index is 13.8. The highest BCUT2D eigenvalue weighted by Gasteiger charge is 2.32. The van der Waals surface area contributed by atoms with Crippen LogP contribution < -0.4 is 0 Å². The number of amides is 1. The zero-order chi connectivity index (χ0) is 16.2. The molecule has 0 radical (unpaired) electrons. The fraction of sp³-hybridized carbons (Fsp3) is 0.111. The Labute approximate surface area is 138 Å². The molecule has 3 rings (SSSR count). The molecule has 5 heteroatoms. The molecule has 1 fully saturated rings. The van der Waals surface area contributed by atoms with Crippen LogP contribution in [0.3, 0.4) is 0 Å². The lowest BCUT2D eigenvalue weighted by Crippen LogP contribution is -2.28. The minimum atomic E-state index is -0.399. The number of para-hydroxylation sites is 1. The van der Waals surface area contributed by atoms with Crippen molar-refractivity contribution < 1.29 is 9.18 Å². The third-order valence-electron chi connectivity index (χ3n) is 3.37.